The third kappa shape index (κ3) is 2.57. The number of pyridine rings is 1. The van der Waals surface area contributed by atoms with Gasteiger partial charge in [-0.2, -0.15) is 0 Å². The first-order valence-electron chi connectivity index (χ1n) is 5.42. The monoisotopic (exact) mass is 191 g/mol. The zero-order chi connectivity index (χ0) is 10.8. The van der Waals surface area contributed by atoms with E-state index in [2.05, 4.69) is 51.7 Å². The Morgan fingerprint density at radius 3 is 2.29 bits per heavy atom. The van der Waals surface area contributed by atoms with Crippen LogP contribution in [0.25, 0.3) is 0 Å². The van der Waals surface area contributed by atoms with Gasteiger partial charge in [0.05, 0.1) is 0 Å². The average Bonchev–Trinajstić information content (AvgIpc) is 2.02. The summed E-state index contributed by atoms with van der Waals surface area (Å²) < 4.78 is 0. The van der Waals surface area contributed by atoms with E-state index in [4.69, 9.17) is 0 Å². The van der Waals surface area contributed by atoms with Gasteiger partial charge in [0.2, 0.25) is 0 Å². The van der Waals surface area contributed by atoms with Crippen LogP contribution >= 0.6 is 0 Å². The number of rotatable bonds is 2. The lowest BCUT2D eigenvalue weighted by atomic mass is 9.86. The molecule has 1 rings (SSSR count). The van der Waals surface area contributed by atoms with Crippen molar-refractivity contribution in [3.05, 3.63) is 29.1 Å². The van der Waals surface area contributed by atoms with E-state index >= 15 is 0 Å². The number of hydrogen-bond acceptors (Lipinski definition) is 1. The second-order valence-corrected chi connectivity index (χ2v) is 4.94. The molecule has 0 saturated heterocycles. The second-order valence-electron chi connectivity index (χ2n) is 4.94. The molecule has 0 aliphatic carbocycles. The molecular formula is C13H21N. The third-order valence-corrected chi connectivity index (χ3v) is 2.46. The summed E-state index contributed by atoms with van der Waals surface area (Å²) in [4.78, 5) is 4.63. The van der Waals surface area contributed by atoms with Crippen LogP contribution in [0.3, 0.4) is 0 Å². The van der Waals surface area contributed by atoms with Crippen LogP contribution in [0.4, 0.5) is 0 Å². The largest absolute Gasteiger partial charge is 0.258 e. The Morgan fingerprint density at radius 1 is 1.21 bits per heavy atom. The molecule has 0 amide bonds. The molecule has 78 valence electrons. The van der Waals surface area contributed by atoms with Gasteiger partial charge in [-0.25, -0.2) is 0 Å². The van der Waals surface area contributed by atoms with Crippen LogP contribution in [-0.2, 0) is 11.8 Å². The topological polar surface area (TPSA) is 12.9 Å². The van der Waals surface area contributed by atoms with E-state index in [0.29, 0.717) is 0 Å². The van der Waals surface area contributed by atoms with Crippen LogP contribution < -0.4 is 0 Å². The van der Waals surface area contributed by atoms with Crippen LogP contribution in [0, 0.1) is 6.92 Å². The minimum atomic E-state index is 0.210. The number of aryl methyl sites for hydroxylation is 2. The van der Waals surface area contributed by atoms with Crippen LogP contribution in [0.1, 0.15) is 51.1 Å². The van der Waals surface area contributed by atoms with E-state index in [1.54, 1.807) is 0 Å². The molecule has 1 aromatic rings. The molecule has 1 aromatic heterocycles. The minimum absolute atomic E-state index is 0.210. The van der Waals surface area contributed by atoms with Gasteiger partial charge >= 0.3 is 0 Å². The van der Waals surface area contributed by atoms with Crippen LogP contribution in [-0.4, -0.2) is 4.98 Å². The van der Waals surface area contributed by atoms with Crippen molar-refractivity contribution in [3.8, 4) is 0 Å². The Morgan fingerprint density at radius 2 is 1.86 bits per heavy atom. The summed E-state index contributed by atoms with van der Waals surface area (Å²) in [6.07, 6.45) is 2.26. The first-order valence-corrected chi connectivity index (χ1v) is 5.42. The molecule has 0 bridgehead atoms. The predicted molar refractivity (Wildman–Crippen MR) is 61.7 cm³/mol. The highest BCUT2D eigenvalue weighted by Crippen LogP contribution is 2.24. The maximum atomic E-state index is 4.63. The lowest BCUT2D eigenvalue weighted by Crippen LogP contribution is -2.14. The summed E-state index contributed by atoms with van der Waals surface area (Å²) in [7, 11) is 0. The summed E-state index contributed by atoms with van der Waals surface area (Å²) in [6, 6.07) is 4.39. The van der Waals surface area contributed by atoms with Crippen molar-refractivity contribution in [1.82, 2.24) is 4.98 Å². The fourth-order valence-electron chi connectivity index (χ4n) is 1.80. The van der Waals surface area contributed by atoms with E-state index in [1.165, 1.54) is 23.4 Å². The smallest absolute Gasteiger partial charge is 0.0413 e. The zero-order valence-electron chi connectivity index (χ0n) is 10.0. The molecule has 1 heterocycles. The molecule has 0 aliphatic rings. The molecule has 1 nitrogen and oxygen atoms in total. The zero-order valence-corrected chi connectivity index (χ0v) is 10.0. The van der Waals surface area contributed by atoms with E-state index in [1.807, 2.05) is 0 Å². The van der Waals surface area contributed by atoms with Gasteiger partial charge < -0.3 is 0 Å². The summed E-state index contributed by atoms with van der Waals surface area (Å²) >= 11 is 0. The molecule has 0 aliphatic heterocycles. The lowest BCUT2D eigenvalue weighted by molar-refractivity contribution is 0.581. The number of aromatic nitrogens is 1. The molecule has 1 heteroatoms. The number of nitrogens with zero attached hydrogens (tertiary/aromatic N) is 1. The highest BCUT2D eigenvalue weighted by Gasteiger charge is 2.16. The average molecular weight is 191 g/mol. The second kappa shape index (κ2) is 4.12. The van der Waals surface area contributed by atoms with Crippen molar-refractivity contribution in [1.29, 1.82) is 0 Å². The molecule has 0 unspecified atom stereocenters. The van der Waals surface area contributed by atoms with E-state index in [-0.39, 0.29) is 5.41 Å². The summed E-state index contributed by atoms with van der Waals surface area (Å²) in [5.74, 6) is 0. The molecule has 0 aromatic carbocycles. The van der Waals surface area contributed by atoms with Crippen molar-refractivity contribution in [2.45, 2.75) is 52.9 Å². The normalized spacial score (nSPS) is 11.8. The highest BCUT2D eigenvalue weighted by molar-refractivity contribution is 5.28. The summed E-state index contributed by atoms with van der Waals surface area (Å²) in [5, 5.41) is 0. The minimum Gasteiger partial charge on any atom is -0.258 e. The molecule has 0 spiro atoms. The fraction of sp³-hybridized carbons (Fsp3) is 0.615. The Balaban J connectivity index is 3.02. The molecule has 0 fully saturated rings. The Labute approximate surface area is 87.6 Å². The van der Waals surface area contributed by atoms with Gasteiger partial charge in [-0.3, -0.25) is 4.98 Å². The molecule has 0 N–H and O–H groups in total. The first-order chi connectivity index (χ1) is 6.45. The fourth-order valence-corrected chi connectivity index (χ4v) is 1.80. The van der Waals surface area contributed by atoms with Crippen LogP contribution in [0.2, 0.25) is 0 Å². The Hall–Kier alpha value is -0.850. The van der Waals surface area contributed by atoms with E-state index < -0.39 is 0 Å². The lowest BCUT2D eigenvalue weighted by Gasteiger charge is -2.21. The van der Waals surface area contributed by atoms with Crippen molar-refractivity contribution in [3.63, 3.8) is 0 Å². The Kier molecular flexibility index (Phi) is 3.30. The predicted octanol–water partition coefficient (Wildman–Crippen LogP) is 3.64. The van der Waals surface area contributed by atoms with Gasteiger partial charge in [0, 0.05) is 11.4 Å². The van der Waals surface area contributed by atoms with Crippen molar-refractivity contribution in [2.24, 2.45) is 0 Å². The SMILES string of the molecule is CCCc1ccc(C(C)(C)C)c(C)n1. The number of hydrogen-bond donors (Lipinski definition) is 0. The van der Waals surface area contributed by atoms with Crippen molar-refractivity contribution in [2.75, 3.05) is 0 Å². The molecule has 0 atom stereocenters. The molecule has 14 heavy (non-hydrogen) atoms. The molecule has 0 radical (unpaired) electrons. The quantitative estimate of drug-likeness (QED) is 0.695. The van der Waals surface area contributed by atoms with Gasteiger partial charge in [-0.05, 0) is 30.4 Å². The van der Waals surface area contributed by atoms with Crippen LogP contribution in [0.5, 0.6) is 0 Å². The first kappa shape index (κ1) is 11.2. The van der Waals surface area contributed by atoms with Gasteiger partial charge in [-0.15, -0.1) is 0 Å². The van der Waals surface area contributed by atoms with E-state index in [0.717, 1.165) is 6.42 Å². The van der Waals surface area contributed by atoms with Gasteiger partial charge in [0.1, 0.15) is 0 Å². The van der Waals surface area contributed by atoms with E-state index in [9.17, 15) is 0 Å². The third-order valence-electron chi connectivity index (χ3n) is 2.46. The van der Waals surface area contributed by atoms with Gasteiger partial charge in [-0.1, -0.05) is 40.2 Å². The highest BCUT2D eigenvalue weighted by atomic mass is 14.7. The van der Waals surface area contributed by atoms with Crippen LogP contribution in [0.15, 0.2) is 12.1 Å². The maximum absolute atomic E-state index is 4.63. The van der Waals surface area contributed by atoms with Crippen molar-refractivity contribution >= 4 is 0 Å². The molecular weight excluding hydrogens is 170 g/mol. The summed E-state index contributed by atoms with van der Waals surface area (Å²) in [6.45, 7) is 11.0. The molecule has 0 saturated carbocycles. The Bertz CT molecular complexity index is 308. The summed E-state index contributed by atoms with van der Waals surface area (Å²) in [5.41, 5.74) is 3.97. The van der Waals surface area contributed by atoms with Gasteiger partial charge in [0.15, 0.2) is 0 Å². The van der Waals surface area contributed by atoms with Gasteiger partial charge in [0.25, 0.3) is 0 Å². The van der Waals surface area contributed by atoms with Crippen molar-refractivity contribution < 1.29 is 0 Å². The maximum Gasteiger partial charge on any atom is 0.0413 e. The standard InChI is InChI=1S/C13H21N/c1-6-7-11-8-9-12(10(2)14-11)13(3,4)5/h8-9H,6-7H2,1-5H3.